The molecule has 0 fully saturated rings. The van der Waals surface area contributed by atoms with Crippen LogP contribution in [0.15, 0.2) is 18.2 Å². The Morgan fingerprint density at radius 2 is 2.26 bits per heavy atom. The molecule has 0 spiro atoms. The van der Waals surface area contributed by atoms with Crippen LogP contribution in [0.5, 0.6) is 0 Å². The lowest BCUT2D eigenvalue weighted by molar-refractivity contribution is -0.383. The topological polar surface area (TPSA) is 107 Å². The summed E-state index contributed by atoms with van der Waals surface area (Å²) in [5.41, 5.74) is 5.42. The molecule has 3 N–H and O–H groups in total. The van der Waals surface area contributed by atoms with Crippen molar-refractivity contribution in [2.24, 2.45) is 0 Å². The van der Waals surface area contributed by atoms with E-state index in [9.17, 15) is 14.9 Å². The predicted molar refractivity (Wildman–Crippen MR) is 70.9 cm³/mol. The van der Waals surface area contributed by atoms with Crippen LogP contribution in [-0.4, -0.2) is 30.1 Å². The van der Waals surface area contributed by atoms with Gasteiger partial charge in [-0.3, -0.25) is 14.9 Å². The number of nitrogens with two attached hydrogens (primary N) is 1. The van der Waals surface area contributed by atoms with E-state index in [0.29, 0.717) is 13.2 Å². The molecule has 1 amide bonds. The molecule has 19 heavy (non-hydrogen) atoms. The SMILES string of the molecule is CCOC(C)CNC(=O)c1ccc(N)c([N+](=O)[O-])c1. The van der Waals surface area contributed by atoms with Crippen molar-refractivity contribution in [3.63, 3.8) is 0 Å². The van der Waals surface area contributed by atoms with Crippen molar-refractivity contribution in [2.45, 2.75) is 20.0 Å². The number of nitro groups is 1. The molecule has 0 aliphatic heterocycles. The molecule has 1 atom stereocenters. The summed E-state index contributed by atoms with van der Waals surface area (Å²) in [6.45, 7) is 4.59. The Bertz CT molecular complexity index is 476. The standard InChI is InChI=1S/C12H17N3O4/c1-3-19-8(2)7-14-12(16)9-4-5-10(13)11(6-9)15(17)18/h4-6,8H,3,7,13H2,1-2H3,(H,14,16). The number of nitrogen functional groups attached to an aromatic ring is 1. The van der Waals surface area contributed by atoms with E-state index >= 15 is 0 Å². The molecule has 0 saturated heterocycles. The fourth-order valence-electron chi connectivity index (χ4n) is 1.52. The van der Waals surface area contributed by atoms with E-state index in [1.807, 2.05) is 13.8 Å². The highest BCUT2D eigenvalue weighted by Crippen LogP contribution is 2.22. The first-order valence-corrected chi connectivity index (χ1v) is 5.89. The van der Waals surface area contributed by atoms with Gasteiger partial charge in [0, 0.05) is 24.8 Å². The van der Waals surface area contributed by atoms with E-state index in [-0.39, 0.29) is 23.0 Å². The van der Waals surface area contributed by atoms with Gasteiger partial charge in [0.15, 0.2) is 0 Å². The third-order valence-corrected chi connectivity index (χ3v) is 2.49. The minimum atomic E-state index is -0.616. The first-order valence-electron chi connectivity index (χ1n) is 5.89. The summed E-state index contributed by atoms with van der Waals surface area (Å²) in [4.78, 5) is 21.9. The van der Waals surface area contributed by atoms with Gasteiger partial charge in [-0.1, -0.05) is 0 Å². The number of carbonyl (C=O) groups excluding carboxylic acids is 1. The van der Waals surface area contributed by atoms with E-state index < -0.39 is 10.8 Å². The maximum Gasteiger partial charge on any atom is 0.292 e. The smallest absolute Gasteiger partial charge is 0.292 e. The molecule has 0 aliphatic rings. The molecule has 1 unspecified atom stereocenters. The summed E-state index contributed by atoms with van der Waals surface area (Å²) in [6, 6.07) is 3.96. The minimum Gasteiger partial charge on any atom is -0.393 e. The van der Waals surface area contributed by atoms with E-state index in [1.165, 1.54) is 12.1 Å². The molecule has 1 rings (SSSR count). The maximum absolute atomic E-state index is 11.8. The Labute approximate surface area is 110 Å². The summed E-state index contributed by atoms with van der Waals surface area (Å²) < 4.78 is 5.27. The molecule has 0 aliphatic carbocycles. The predicted octanol–water partition coefficient (Wildman–Crippen LogP) is 1.33. The molecular formula is C12H17N3O4. The third kappa shape index (κ3) is 4.22. The average molecular weight is 267 g/mol. The van der Waals surface area contributed by atoms with Crippen LogP contribution >= 0.6 is 0 Å². The molecule has 0 aromatic heterocycles. The van der Waals surface area contributed by atoms with E-state index in [0.717, 1.165) is 6.07 Å². The van der Waals surface area contributed by atoms with Crippen LogP contribution in [0, 0.1) is 10.1 Å². The van der Waals surface area contributed by atoms with Crippen molar-refractivity contribution in [3.05, 3.63) is 33.9 Å². The van der Waals surface area contributed by atoms with Gasteiger partial charge in [-0.25, -0.2) is 0 Å². The van der Waals surface area contributed by atoms with Gasteiger partial charge in [0.05, 0.1) is 11.0 Å². The first-order chi connectivity index (χ1) is 8.95. The molecule has 1 aromatic rings. The summed E-state index contributed by atoms with van der Waals surface area (Å²) in [7, 11) is 0. The van der Waals surface area contributed by atoms with Gasteiger partial charge in [0.1, 0.15) is 5.69 Å². The fraction of sp³-hybridized carbons (Fsp3) is 0.417. The van der Waals surface area contributed by atoms with Crippen LogP contribution in [0.2, 0.25) is 0 Å². The molecule has 0 heterocycles. The van der Waals surface area contributed by atoms with Crippen molar-refractivity contribution in [1.82, 2.24) is 5.32 Å². The van der Waals surface area contributed by atoms with Gasteiger partial charge in [-0.05, 0) is 26.0 Å². The normalized spacial score (nSPS) is 11.9. The Balaban J connectivity index is 2.72. The number of rotatable bonds is 6. The van der Waals surface area contributed by atoms with Crippen molar-refractivity contribution in [2.75, 3.05) is 18.9 Å². The number of benzene rings is 1. The van der Waals surface area contributed by atoms with Crippen molar-refractivity contribution in [1.29, 1.82) is 0 Å². The molecule has 104 valence electrons. The van der Waals surface area contributed by atoms with Crippen LogP contribution in [0.25, 0.3) is 0 Å². The number of nitrogens with one attached hydrogen (secondary N) is 1. The number of amides is 1. The van der Waals surface area contributed by atoms with Gasteiger partial charge in [0.2, 0.25) is 0 Å². The van der Waals surface area contributed by atoms with Crippen LogP contribution < -0.4 is 11.1 Å². The Morgan fingerprint density at radius 3 is 2.84 bits per heavy atom. The molecule has 7 nitrogen and oxygen atoms in total. The quantitative estimate of drug-likeness (QED) is 0.459. The highest BCUT2D eigenvalue weighted by atomic mass is 16.6. The zero-order valence-electron chi connectivity index (χ0n) is 10.9. The Hall–Kier alpha value is -2.15. The lowest BCUT2D eigenvalue weighted by Crippen LogP contribution is -2.32. The molecule has 0 bridgehead atoms. The van der Waals surface area contributed by atoms with Crippen LogP contribution in [0.1, 0.15) is 24.2 Å². The number of anilines is 1. The van der Waals surface area contributed by atoms with Crippen LogP contribution in [0.3, 0.4) is 0 Å². The number of nitro benzene ring substituents is 1. The Morgan fingerprint density at radius 1 is 1.58 bits per heavy atom. The van der Waals surface area contributed by atoms with E-state index in [4.69, 9.17) is 10.5 Å². The minimum absolute atomic E-state index is 0.0317. The zero-order valence-corrected chi connectivity index (χ0v) is 10.9. The van der Waals surface area contributed by atoms with Crippen molar-refractivity contribution in [3.8, 4) is 0 Å². The summed E-state index contributed by atoms with van der Waals surface area (Å²) in [5.74, 6) is -0.394. The second-order valence-corrected chi connectivity index (χ2v) is 4.01. The third-order valence-electron chi connectivity index (χ3n) is 2.49. The summed E-state index contributed by atoms with van der Waals surface area (Å²) in [5, 5.41) is 13.4. The number of nitrogens with zero attached hydrogens (tertiary/aromatic N) is 1. The molecule has 0 saturated carbocycles. The summed E-state index contributed by atoms with van der Waals surface area (Å²) in [6.07, 6.45) is -0.113. The number of carbonyl (C=O) groups is 1. The monoisotopic (exact) mass is 267 g/mol. The number of ether oxygens (including phenoxy) is 1. The molecule has 0 radical (unpaired) electrons. The summed E-state index contributed by atoms with van der Waals surface area (Å²) >= 11 is 0. The van der Waals surface area contributed by atoms with E-state index in [2.05, 4.69) is 5.32 Å². The van der Waals surface area contributed by atoms with Gasteiger partial charge < -0.3 is 15.8 Å². The second-order valence-electron chi connectivity index (χ2n) is 4.01. The molecular weight excluding hydrogens is 250 g/mol. The van der Waals surface area contributed by atoms with Gasteiger partial charge in [-0.15, -0.1) is 0 Å². The second kappa shape index (κ2) is 6.69. The highest BCUT2D eigenvalue weighted by molar-refractivity contribution is 5.95. The number of hydrogen-bond donors (Lipinski definition) is 2. The first kappa shape index (κ1) is 14.9. The van der Waals surface area contributed by atoms with Gasteiger partial charge >= 0.3 is 0 Å². The van der Waals surface area contributed by atoms with Gasteiger partial charge in [0.25, 0.3) is 11.6 Å². The van der Waals surface area contributed by atoms with Gasteiger partial charge in [-0.2, -0.15) is 0 Å². The average Bonchev–Trinajstić information content (AvgIpc) is 2.36. The lowest BCUT2D eigenvalue weighted by Gasteiger charge is -2.12. The largest absolute Gasteiger partial charge is 0.393 e. The van der Waals surface area contributed by atoms with Crippen LogP contribution in [0.4, 0.5) is 11.4 Å². The lowest BCUT2D eigenvalue weighted by atomic mass is 10.1. The Kier molecular flexibility index (Phi) is 5.25. The van der Waals surface area contributed by atoms with E-state index in [1.54, 1.807) is 0 Å². The zero-order chi connectivity index (χ0) is 14.4. The highest BCUT2D eigenvalue weighted by Gasteiger charge is 2.15. The number of hydrogen-bond acceptors (Lipinski definition) is 5. The maximum atomic E-state index is 11.8. The fourth-order valence-corrected chi connectivity index (χ4v) is 1.52. The molecule has 1 aromatic carbocycles. The van der Waals surface area contributed by atoms with Crippen molar-refractivity contribution < 1.29 is 14.5 Å². The van der Waals surface area contributed by atoms with Crippen LogP contribution in [-0.2, 0) is 4.74 Å². The van der Waals surface area contributed by atoms with Crippen molar-refractivity contribution >= 4 is 17.3 Å². The molecule has 7 heteroatoms.